The number of morpholine rings is 1. The van der Waals surface area contributed by atoms with Gasteiger partial charge in [0, 0.05) is 51.9 Å². The molecule has 12 nitrogen and oxygen atoms in total. The fourth-order valence-electron chi connectivity index (χ4n) is 3.79. The number of piperidine rings is 1. The van der Waals surface area contributed by atoms with Gasteiger partial charge in [0.25, 0.3) is 0 Å². The number of anilines is 1. The number of aliphatic carboxylic acids is 2. The number of halogens is 6. The Balaban J connectivity index is 0.000000301. The van der Waals surface area contributed by atoms with Gasteiger partial charge in [0.05, 0.1) is 24.9 Å². The number of alkyl halides is 6. The van der Waals surface area contributed by atoms with Crippen molar-refractivity contribution in [2.45, 2.75) is 44.3 Å². The highest BCUT2D eigenvalue weighted by atomic mass is 19.4. The fraction of sp³-hybridized carbons (Fsp3) is 0.650. The molecule has 18 heteroatoms. The third-order valence-electron chi connectivity index (χ3n) is 5.30. The number of aryl methyl sites for hydroxylation is 2. The zero-order valence-corrected chi connectivity index (χ0v) is 20.3. The van der Waals surface area contributed by atoms with Crippen LogP contribution in [0, 0.1) is 6.92 Å². The molecule has 1 unspecified atom stereocenters. The van der Waals surface area contributed by atoms with E-state index in [1.54, 1.807) is 0 Å². The number of aromatic nitrogens is 4. The van der Waals surface area contributed by atoms with Crippen molar-refractivity contribution in [1.29, 1.82) is 0 Å². The molecule has 0 saturated carbocycles. The summed E-state index contributed by atoms with van der Waals surface area (Å²) in [5.74, 6) is -4.91. The molecule has 1 atom stereocenters. The molecule has 0 aromatic carbocycles. The maximum Gasteiger partial charge on any atom is 0.490 e. The first kappa shape index (κ1) is 30.8. The van der Waals surface area contributed by atoms with Gasteiger partial charge in [-0.2, -0.15) is 31.4 Å². The highest BCUT2D eigenvalue weighted by Crippen LogP contribution is 2.31. The third-order valence-corrected chi connectivity index (χ3v) is 5.30. The van der Waals surface area contributed by atoms with Crippen LogP contribution in [0.5, 0.6) is 0 Å². The van der Waals surface area contributed by atoms with E-state index >= 15 is 0 Å². The minimum Gasteiger partial charge on any atom is -0.475 e. The Hall–Kier alpha value is -3.41. The quantitative estimate of drug-likeness (QED) is 0.533. The van der Waals surface area contributed by atoms with Crippen molar-refractivity contribution in [3.63, 3.8) is 0 Å². The molecule has 2 N–H and O–H groups in total. The van der Waals surface area contributed by atoms with Crippen LogP contribution >= 0.6 is 0 Å². The Labute approximate surface area is 211 Å². The van der Waals surface area contributed by atoms with Crippen LogP contribution in [-0.4, -0.2) is 97.8 Å². The maximum absolute atomic E-state index is 10.6. The molecule has 1 spiro atoms. The lowest BCUT2D eigenvalue weighted by Crippen LogP contribution is -2.59. The Morgan fingerprint density at radius 1 is 1.05 bits per heavy atom. The Bertz CT molecular complexity index is 1050. The number of carboxylic acids is 2. The number of rotatable bonds is 3. The standard InChI is InChI=1S/C16H24N6O2.2C2HF3O2/c1-13-18-19-15(24-13)22-5-3-4-16(12-22)11-21(6-7-23-16)10-14-8-17-20(2)9-14;2*3-2(4,5)1(6)7/h8-9H,3-7,10-12H2,1-2H3;2*(H,6,7). The number of hydrogen-bond acceptors (Lipinski definition) is 9. The molecular formula is C20H26F6N6O6. The van der Waals surface area contributed by atoms with E-state index in [0.29, 0.717) is 11.9 Å². The monoisotopic (exact) mass is 560 g/mol. The van der Waals surface area contributed by atoms with Crippen LogP contribution in [0.4, 0.5) is 32.4 Å². The van der Waals surface area contributed by atoms with E-state index in [1.807, 2.05) is 24.9 Å². The molecule has 2 aromatic rings. The average molecular weight is 560 g/mol. The summed E-state index contributed by atoms with van der Waals surface area (Å²) >= 11 is 0. The third kappa shape index (κ3) is 9.47. The molecule has 2 aliphatic rings. The smallest absolute Gasteiger partial charge is 0.475 e. The van der Waals surface area contributed by atoms with Gasteiger partial charge in [0.1, 0.15) is 0 Å². The van der Waals surface area contributed by atoms with Crippen molar-refractivity contribution in [1.82, 2.24) is 24.9 Å². The van der Waals surface area contributed by atoms with Gasteiger partial charge in [-0.05, 0) is 12.8 Å². The van der Waals surface area contributed by atoms with Gasteiger partial charge in [-0.1, -0.05) is 5.10 Å². The number of hydrogen-bond donors (Lipinski definition) is 2. The van der Waals surface area contributed by atoms with E-state index in [9.17, 15) is 26.3 Å². The molecular weight excluding hydrogens is 534 g/mol. The minimum absolute atomic E-state index is 0.152. The van der Waals surface area contributed by atoms with Crippen LogP contribution in [0.1, 0.15) is 24.3 Å². The van der Waals surface area contributed by atoms with Gasteiger partial charge in [-0.25, -0.2) is 9.59 Å². The summed E-state index contributed by atoms with van der Waals surface area (Å²) < 4.78 is 77.2. The molecule has 0 bridgehead atoms. The topological polar surface area (TPSA) is 147 Å². The molecule has 0 aliphatic carbocycles. The number of ether oxygens (including phenoxy) is 1. The molecule has 2 aliphatic heterocycles. The fourth-order valence-corrected chi connectivity index (χ4v) is 3.79. The lowest BCUT2D eigenvalue weighted by atomic mass is 9.91. The average Bonchev–Trinajstić information content (AvgIpc) is 3.41. The van der Waals surface area contributed by atoms with Crippen molar-refractivity contribution in [2.24, 2.45) is 7.05 Å². The summed E-state index contributed by atoms with van der Waals surface area (Å²) in [6.07, 6.45) is -4.00. The van der Waals surface area contributed by atoms with Crippen LogP contribution in [0.25, 0.3) is 0 Å². The highest BCUT2D eigenvalue weighted by molar-refractivity contribution is 5.73. The normalized spacial score (nSPS) is 20.3. The van der Waals surface area contributed by atoms with Gasteiger partial charge in [-0.3, -0.25) is 9.58 Å². The Morgan fingerprint density at radius 2 is 1.66 bits per heavy atom. The van der Waals surface area contributed by atoms with Crippen molar-refractivity contribution in [3.8, 4) is 0 Å². The van der Waals surface area contributed by atoms with Crippen LogP contribution in [0.15, 0.2) is 16.8 Å². The van der Waals surface area contributed by atoms with E-state index in [0.717, 1.165) is 52.2 Å². The van der Waals surface area contributed by atoms with Gasteiger partial charge in [0.15, 0.2) is 0 Å². The molecule has 0 amide bonds. The van der Waals surface area contributed by atoms with Gasteiger partial charge < -0.3 is 24.3 Å². The Kier molecular flexibility index (Phi) is 10.1. The van der Waals surface area contributed by atoms with E-state index in [-0.39, 0.29) is 5.60 Å². The lowest BCUT2D eigenvalue weighted by molar-refractivity contribution is -0.193. The maximum atomic E-state index is 10.6. The van der Waals surface area contributed by atoms with Gasteiger partial charge >= 0.3 is 30.3 Å². The Morgan fingerprint density at radius 3 is 2.13 bits per heavy atom. The van der Waals surface area contributed by atoms with E-state index in [4.69, 9.17) is 29.0 Å². The molecule has 4 rings (SSSR count). The van der Waals surface area contributed by atoms with Crippen LogP contribution in [0.2, 0.25) is 0 Å². The number of carbonyl (C=O) groups is 2. The van der Waals surface area contributed by atoms with Crippen LogP contribution in [0.3, 0.4) is 0 Å². The van der Waals surface area contributed by atoms with E-state index in [2.05, 4.69) is 31.3 Å². The summed E-state index contributed by atoms with van der Waals surface area (Å²) in [6, 6.07) is 0.611. The molecule has 0 radical (unpaired) electrons. The van der Waals surface area contributed by atoms with Crippen LogP contribution in [-0.2, 0) is 27.9 Å². The molecule has 38 heavy (non-hydrogen) atoms. The summed E-state index contributed by atoms with van der Waals surface area (Å²) in [7, 11) is 1.95. The second kappa shape index (κ2) is 12.4. The van der Waals surface area contributed by atoms with Crippen molar-refractivity contribution < 1.29 is 55.3 Å². The summed E-state index contributed by atoms with van der Waals surface area (Å²) in [6.45, 7) is 7.12. The largest absolute Gasteiger partial charge is 0.490 e. The van der Waals surface area contributed by atoms with Crippen molar-refractivity contribution in [2.75, 3.05) is 37.7 Å². The first-order valence-corrected chi connectivity index (χ1v) is 11.0. The van der Waals surface area contributed by atoms with E-state index < -0.39 is 24.3 Å². The van der Waals surface area contributed by atoms with E-state index in [1.165, 1.54) is 5.56 Å². The molecule has 4 heterocycles. The van der Waals surface area contributed by atoms with Crippen molar-refractivity contribution >= 4 is 18.0 Å². The number of nitrogens with zero attached hydrogens (tertiary/aromatic N) is 6. The molecule has 2 saturated heterocycles. The second-order valence-corrected chi connectivity index (χ2v) is 8.50. The first-order valence-electron chi connectivity index (χ1n) is 11.0. The van der Waals surface area contributed by atoms with Gasteiger partial charge in [-0.15, -0.1) is 5.10 Å². The summed E-state index contributed by atoms with van der Waals surface area (Å²) in [4.78, 5) is 22.4. The van der Waals surface area contributed by atoms with Gasteiger partial charge in [0.2, 0.25) is 5.89 Å². The molecule has 214 valence electrons. The molecule has 2 aromatic heterocycles. The van der Waals surface area contributed by atoms with Crippen LogP contribution < -0.4 is 4.90 Å². The predicted octanol–water partition coefficient (Wildman–Crippen LogP) is 2.25. The minimum atomic E-state index is -5.08. The SMILES string of the molecule is Cc1nnc(N2CCCC3(CN(Cc4cnn(C)c4)CCO3)C2)o1.O=C(O)C(F)(F)F.O=C(O)C(F)(F)F. The highest BCUT2D eigenvalue weighted by Gasteiger charge is 2.42. The first-order chi connectivity index (χ1) is 17.5. The zero-order valence-electron chi connectivity index (χ0n) is 20.3. The number of carboxylic acid groups (broad SMARTS) is 2. The predicted molar refractivity (Wildman–Crippen MR) is 115 cm³/mol. The molecule has 2 fully saturated rings. The lowest BCUT2D eigenvalue weighted by Gasteiger charge is -2.47. The second-order valence-electron chi connectivity index (χ2n) is 8.50. The zero-order chi connectivity index (χ0) is 28.7. The summed E-state index contributed by atoms with van der Waals surface area (Å²) in [5.41, 5.74) is 1.09. The summed E-state index contributed by atoms with van der Waals surface area (Å²) in [5, 5.41) is 26.6. The van der Waals surface area contributed by atoms with Crippen molar-refractivity contribution in [3.05, 3.63) is 23.8 Å².